The van der Waals surface area contributed by atoms with Crippen molar-refractivity contribution in [1.29, 1.82) is 0 Å². The maximum Gasteiger partial charge on any atom is 0.319 e. The number of rotatable bonds is 4. The van der Waals surface area contributed by atoms with Crippen molar-refractivity contribution in [2.24, 2.45) is 5.41 Å². The second-order valence-corrected chi connectivity index (χ2v) is 5.76. The summed E-state index contributed by atoms with van der Waals surface area (Å²) in [5.41, 5.74) is -2.12. The van der Waals surface area contributed by atoms with Crippen molar-refractivity contribution in [2.75, 3.05) is 6.61 Å². The highest BCUT2D eigenvalue weighted by molar-refractivity contribution is 7.09. The van der Waals surface area contributed by atoms with E-state index >= 15 is 0 Å². The van der Waals surface area contributed by atoms with Crippen molar-refractivity contribution in [3.63, 3.8) is 0 Å². The molecule has 1 fully saturated rings. The van der Waals surface area contributed by atoms with Crippen LogP contribution in [-0.2, 0) is 19.9 Å². The molecule has 0 unspecified atom stereocenters. The molecule has 1 aromatic heterocycles. The smallest absolute Gasteiger partial charge is 0.319 e. The lowest BCUT2D eigenvalue weighted by Crippen LogP contribution is -2.43. The van der Waals surface area contributed by atoms with Gasteiger partial charge in [0.25, 0.3) is 0 Å². The number of aldehydes is 1. The average Bonchev–Trinajstić information content (AvgIpc) is 2.95. The van der Waals surface area contributed by atoms with Crippen LogP contribution in [0.3, 0.4) is 0 Å². The highest BCUT2D eigenvalue weighted by Gasteiger charge is 2.49. The Bertz CT molecular complexity index is 449. The summed E-state index contributed by atoms with van der Waals surface area (Å²) in [4.78, 5) is 27.3. The van der Waals surface area contributed by atoms with Crippen LogP contribution >= 0.6 is 11.3 Å². The van der Waals surface area contributed by atoms with Gasteiger partial charge in [0.15, 0.2) is 0 Å². The lowest BCUT2D eigenvalue weighted by Gasteiger charge is -2.38. The van der Waals surface area contributed by atoms with Gasteiger partial charge in [0.1, 0.15) is 22.3 Å². The number of aliphatic hydroxyl groups is 1. The lowest BCUT2D eigenvalue weighted by atomic mass is 9.69. The maximum atomic E-state index is 11.9. The Labute approximate surface area is 115 Å². The highest BCUT2D eigenvalue weighted by Crippen LogP contribution is 2.45. The first kappa shape index (κ1) is 14.1. The van der Waals surface area contributed by atoms with Gasteiger partial charge < -0.3 is 14.6 Å². The summed E-state index contributed by atoms with van der Waals surface area (Å²) >= 11 is 1.39. The summed E-state index contributed by atoms with van der Waals surface area (Å²) in [7, 11) is 0. The fourth-order valence-corrected chi connectivity index (χ4v) is 3.22. The normalized spacial score (nSPS) is 30.8. The number of carbonyl (C=O) groups excluding carboxylic acids is 2. The molecule has 1 aliphatic carbocycles. The van der Waals surface area contributed by atoms with Crippen LogP contribution in [0.1, 0.15) is 37.6 Å². The van der Waals surface area contributed by atoms with E-state index in [9.17, 15) is 14.7 Å². The van der Waals surface area contributed by atoms with Crippen LogP contribution in [0.15, 0.2) is 11.6 Å². The van der Waals surface area contributed by atoms with Crippen molar-refractivity contribution in [1.82, 2.24) is 4.98 Å². The summed E-state index contributed by atoms with van der Waals surface area (Å²) in [6, 6.07) is 0. The summed E-state index contributed by atoms with van der Waals surface area (Å²) < 4.78 is 4.97. The number of ether oxygens (including phenoxy) is 1. The van der Waals surface area contributed by atoms with Gasteiger partial charge in [-0.3, -0.25) is 4.79 Å². The quantitative estimate of drug-likeness (QED) is 0.516. The minimum absolute atomic E-state index is 0.255. The second-order valence-electron chi connectivity index (χ2n) is 4.86. The van der Waals surface area contributed by atoms with Crippen molar-refractivity contribution in [3.8, 4) is 0 Å². The first-order chi connectivity index (χ1) is 9.06. The highest BCUT2D eigenvalue weighted by atomic mass is 32.1. The fourth-order valence-electron chi connectivity index (χ4n) is 2.42. The van der Waals surface area contributed by atoms with Crippen LogP contribution < -0.4 is 0 Å². The SMILES string of the molecule is CCOC(=O)C1(C=O)CCC(O)(c2nccs2)CC1. The van der Waals surface area contributed by atoms with E-state index in [0.717, 1.165) is 0 Å². The molecule has 5 nitrogen and oxygen atoms in total. The first-order valence-electron chi connectivity index (χ1n) is 6.32. The molecule has 1 heterocycles. The molecule has 104 valence electrons. The van der Waals surface area contributed by atoms with Crippen LogP contribution in [-0.4, -0.2) is 29.0 Å². The van der Waals surface area contributed by atoms with Gasteiger partial charge in [0, 0.05) is 11.6 Å². The van der Waals surface area contributed by atoms with Crippen LogP contribution in [0.5, 0.6) is 0 Å². The maximum absolute atomic E-state index is 11.9. The zero-order valence-corrected chi connectivity index (χ0v) is 11.6. The second kappa shape index (κ2) is 5.38. The molecular formula is C13H17NO4S. The molecule has 1 aromatic rings. The molecule has 1 aliphatic rings. The molecule has 0 amide bonds. The van der Waals surface area contributed by atoms with Crippen LogP contribution in [0, 0.1) is 5.41 Å². The summed E-state index contributed by atoms with van der Waals surface area (Å²) in [6.07, 6.45) is 3.60. The zero-order chi connectivity index (χ0) is 13.9. The Balaban J connectivity index is 2.12. The summed E-state index contributed by atoms with van der Waals surface area (Å²) in [5, 5.41) is 13.0. The summed E-state index contributed by atoms with van der Waals surface area (Å²) in [6.45, 7) is 1.97. The molecule has 1 N–H and O–H groups in total. The third-order valence-electron chi connectivity index (χ3n) is 3.71. The monoisotopic (exact) mass is 283 g/mol. The number of hydrogen-bond acceptors (Lipinski definition) is 6. The zero-order valence-electron chi connectivity index (χ0n) is 10.8. The van der Waals surface area contributed by atoms with Crippen molar-refractivity contribution < 1.29 is 19.4 Å². The predicted molar refractivity (Wildman–Crippen MR) is 69.6 cm³/mol. The third kappa shape index (κ3) is 2.55. The van der Waals surface area contributed by atoms with E-state index in [1.54, 1.807) is 18.5 Å². The van der Waals surface area contributed by atoms with E-state index in [1.165, 1.54) is 11.3 Å². The largest absolute Gasteiger partial charge is 0.465 e. The number of carbonyl (C=O) groups is 2. The fraction of sp³-hybridized carbons (Fsp3) is 0.615. The molecule has 0 spiro atoms. The predicted octanol–water partition coefficient (Wildman–Crippen LogP) is 1.65. The minimum Gasteiger partial charge on any atom is -0.465 e. The van der Waals surface area contributed by atoms with Gasteiger partial charge in [0.2, 0.25) is 0 Å². The number of nitrogens with zero attached hydrogens (tertiary/aromatic N) is 1. The molecule has 0 aromatic carbocycles. The number of hydrogen-bond donors (Lipinski definition) is 1. The Hall–Kier alpha value is -1.27. The van der Waals surface area contributed by atoms with Gasteiger partial charge >= 0.3 is 5.97 Å². The van der Waals surface area contributed by atoms with Gasteiger partial charge in [-0.2, -0.15) is 0 Å². The Kier molecular flexibility index (Phi) is 4.01. The molecule has 6 heteroatoms. The van der Waals surface area contributed by atoms with Gasteiger partial charge in [-0.05, 0) is 32.6 Å². The Morgan fingerprint density at radius 1 is 1.53 bits per heavy atom. The molecular weight excluding hydrogens is 266 g/mol. The molecule has 19 heavy (non-hydrogen) atoms. The van der Waals surface area contributed by atoms with Gasteiger partial charge in [-0.15, -0.1) is 11.3 Å². The van der Waals surface area contributed by atoms with E-state index in [0.29, 0.717) is 37.0 Å². The van der Waals surface area contributed by atoms with Gasteiger partial charge in [-0.1, -0.05) is 0 Å². The van der Waals surface area contributed by atoms with E-state index in [2.05, 4.69) is 4.98 Å². The Morgan fingerprint density at radius 3 is 2.68 bits per heavy atom. The average molecular weight is 283 g/mol. The molecule has 2 rings (SSSR count). The molecule has 0 bridgehead atoms. The molecule has 0 atom stereocenters. The topological polar surface area (TPSA) is 76.5 Å². The molecule has 0 radical (unpaired) electrons. The Morgan fingerprint density at radius 2 is 2.21 bits per heavy atom. The van der Waals surface area contributed by atoms with Crippen molar-refractivity contribution in [3.05, 3.63) is 16.6 Å². The van der Waals surface area contributed by atoms with Crippen LogP contribution in [0.4, 0.5) is 0 Å². The molecule has 1 saturated carbocycles. The van der Waals surface area contributed by atoms with E-state index in [1.807, 2.05) is 0 Å². The molecule has 0 aliphatic heterocycles. The standard InChI is InChI=1S/C13H17NO4S/c1-2-18-11(16)12(9-15)3-5-13(17,6-4-12)10-14-7-8-19-10/h7-9,17H,2-6H2,1H3. The van der Waals surface area contributed by atoms with E-state index in [-0.39, 0.29) is 6.61 Å². The van der Waals surface area contributed by atoms with Crippen molar-refractivity contribution >= 4 is 23.6 Å². The minimum atomic E-state index is -1.10. The van der Waals surface area contributed by atoms with Crippen LogP contribution in [0.2, 0.25) is 0 Å². The number of esters is 1. The van der Waals surface area contributed by atoms with E-state index < -0.39 is 17.0 Å². The lowest BCUT2D eigenvalue weighted by molar-refractivity contribution is -0.162. The van der Waals surface area contributed by atoms with Crippen LogP contribution in [0.25, 0.3) is 0 Å². The number of thiazole rings is 1. The van der Waals surface area contributed by atoms with Gasteiger partial charge in [0.05, 0.1) is 6.61 Å². The van der Waals surface area contributed by atoms with Gasteiger partial charge in [-0.25, -0.2) is 4.98 Å². The molecule has 0 saturated heterocycles. The number of aromatic nitrogens is 1. The van der Waals surface area contributed by atoms with E-state index in [4.69, 9.17) is 4.74 Å². The van der Waals surface area contributed by atoms with Crippen molar-refractivity contribution in [2.45, 2.75) is 38.2 Å². The third-order valence-corrected chi connectivity index (χ3v) is 4.67. The summed E-state index contributed by atoms with van der Waals surface area (Å²) in [5.74, 6) is -0.480. The first-order valence-corrected chi connectivity index (χ1v) is 7.20.